The normalized spacial score (nSPS) is 10.9. The van der Waals surface area contributed by atoms with E-state index < -0.39 is 0 Å². The summed E-state index contributed by atoms with van der Waals surface area (Å²) in [5.74, 6) is 1.01. The SMILES string of the molecule is CCSc1cccc(N(C)NNNC=O)c1/C=C/c1cccs1. The van der Waals surface area contributed by atoms with Gasteiger partial charge in [-0.05, 0) is 35.4 Å². The van der Waals surface area contributed by atoms with Crippen LogP contribution in [-0.4, -0.2) is 19.2 Å². The summed E-state index contributed by atoms with van der Waals surface area (Å²) in [6.07, 6.45) is 4.82. The molecule has 122 valence electrons. The van der Waals surface area contributed by atoms with Gasteiger partial charge in [0.1, 0.15) is 0 Å². The van der Waals surface area contributed by atoms with Gasteiger partial charge in [-0.1, -0.05) is 25.1 Å². The van der Waals surface area contributed by atoms with Crippen LogP contribution in [0.5, 0.6) is 0 Å². The van der Waals surface area contributed by atoms with Gasteiger partial charge in [0, 0.05) is 22.4 Å². The molecule has 0 saturated carbocycles. The van der Waals surface area contributed by atoms with Gasteiger partial charge in [0.2, 0.25) is 6.41 Å². The first-order chi connectivity index (χ1) is 11.3. The summed E-state index contributed by atoms with van der Waals surface area (Å²) < 4.78 is 0. The van der Waals surface area contributed by atoms with Gasteiger partial charge in [-0.3, -0.25) is 15.2 Å². The summed E-state index contributed by atoms with van der Waals surface area (Å²) >= 11 is 3.51. The molecule has 0 atom stereocenters. The van der Waals surface area contributed by atoms with Gasteiger partial charge in [-0.2, -0.15) is 11.1 Å². The summed E-state index contributed by atoms with van der Waals surface area (Å²) in [5.41, 5.74) is 10.0. The molecular formula is C16H20N4OS2. The molecule has 3 N–H and O–H groups in total. The van der Waals surface area contributed by atoms with Crippen LogP contribution in [0, 0.1) is 0 Å². The molecule has 1 amide bonds. The van der Waals surface area contributed by atoms with E-state index in [4.69, 9.17) is 0 Å². The van der Waals surface area contributed by atoms with Crippen LogP contribution in [-0.2, 0) is 4.79 Å². The second-order valence-electron chi connectivity index (χ2n) is 4.53. The Kier molecular flexibility index (Phi) is 7.15. The van der Waals surface area contributed by atoms with E-state index >= 15 is 0 Å². The molecule has 0 radical (unpaired) electrons. The Morgan fingerprint density at radius 2 is 2.13 bits per heavy atom. The number of thiophene rings is 1. The molecule has 2 aromatic rings. The number of anilines is 1. The van der Waals surface area contributed by atoms with Crippen molar-refractivity contribution in [2.24, 2.45) is 0 Å². The van der Waals surface area contributed by atoms with E-state index in [1.165, 1.54) is 9.77 Å². The fourth-order valence-electron chi connectivity index (χ4n) is 2.03. The largest absolute Gasteiger partial charge is 0.296 e. The number of hydrogen-bond donors (Lipinski definition) is 3. The number of hydrogen-bond acceptors (Lipinski definition) is 6. The average molecular weight is 348 g/mol. The average Bonchev–Trinajstić information content (AvgIpc) is 3.07. The van der Waals surface area contributed by atoms with Gasteiger partial charge >= 0.3 is 0 Å². The van der Waals surface area contributed by atoms with E-state index in [2.05, 4.69) is 53.1 Å². The second-order valence-corrected chi connectivity index (χ2v) is 6.81. The van der Waals surface area contributed by atoms with Crippen molar-refractivity contribution in [1.82, 2.24) is 16.5 Å². The Labute approximate surface area is 144 Å². The molecule has 0 aliphatic carbocycles. The van der Waals surface area contributed by atoms with Crippen LogP contribution in [0.3, 0.4) is 0 Å². The molecule has 0 spiro atoms. The topological polar surface area (TPSA) is 56.4 Å². The second kappa shape index (κ2) is 9.36. The van der Waals surface area contributed by atoms with Gasteiger partial charge < -0.3 is 0 Å². The van der Waals surface area contributed by atoms with Crippen molar-refractivity contribution in [3.8, 4) is 0 Å². The van der Waals surface area contributed by atoms with Gasteiger partial charge in [-0.15, -0.1) is 23.1 Å². The van der Waals surface area contributed by atoms with Crippen molar-refractivity contribution in [1.29, 1.82) is 0 Å². The molecule has 0 aliphatic heterocycles. The van der Waals surface area contributed by atoms with Crippen molar-refractivity contribution in [3.05, 3.63) is 46.2 Å². The van der Waals surface area contributed by atoms with Crippen molar-refractivity contribution in [2.45, 2.75) is 11.8 Å². The van der Waals surface area contributed by atoms with Crippen LogP contribution >= 0.6 is 23.1 Å². The summed E-state index contributed by atoms with van der Waals surface area (Å²) in [4.78, 5) is 12.7. The third-order valence-corrected chi connectivity index (χ3v) is 4.81. The lowest BCUT2D eigenvalue weighted by atomic mass is 10.1. The van der Waals surface area contributed by atoms with Crippen LogP contribution in [0.15, 0.2) is 40.6 Å². The number of hydrazine groups is 3. The van der Waals surface area contributed by atoms with Gasteiger partial charge in [0.25, 0.3) is 0 Å². The van der Waals surface area contributed by atoms with Crippen LogP contribution in [0.1, 0.15) is 17.4 Å². The zero-order valence-electron chi connectivity index (χ0n) is 13.1. The first-order valence-corrected chi connectivity index (χ1v) is 9.03. The first kappa shape index (κ1) is 17.6. The lowest BCUT2D eigenvalue weighted by Crippen LogP contribution is -2.51. The standard InChI is InChI=1S/C16H20N4OS2/c1-3-22-16-8-4-7-15(20(2)19-18-17-12-21)14(16)10-9-13-6-5-11-23-13/h4-12,18-19H,3H2,1-2H3,(H,17,21)/b10-9+. The smallest absolute Gasteiger partial charge is 0.222 e. The Balaban J connectivity index is 2.28. The molecule has 0 unspecified atom stereocenters. The van der Waals surface area contributed by atoms with E-state index in [1.54, 1.807) is 23.1 Å². The highest BCUT2D eigenvalue weighted by atomic mass is 32.2. The molecule has 1 heterocycles. The molecule has 7 heteroatoms. The maximum absolute atomic E-state index is 10.3. The van der Waals surface area contributed by atoms with Crippen LogP contribution in [0.25, 0.3) is 12.2 Å². The number of nitrogens with one attached hydrogen (secondary N) is 3. The van der Waals surface area contributed by atoms with Crippen molar-refractivity contribution < 1.29 is 4.79 Å². The van der Waals surface area contributed by atoms with Crippen LogP contribution in [0.4, 0.5) is 5.69 Å². The third kappa shape index (κ3) is 5.11. The zero-order valence-corrected chi connectivity index (χ0v) is 14.7. The monoisotopic (exact) mass is 348 g/mol. The number of amides is 1. The van der Waals surface area contributed by atoms with Gasteiger partial charge in [-0.25, -0.2) is 0 Å². The number of rotatable bonds is 9. The summed E-state index contributed by atoms with van der Waals surface area (Å²) in [7, 11) is 1.89. The Morgan fingerprint density at radius 1 is 1.26 bits per heavy atom. The molecule has 23 heavy (non-hydrogen) atoms. The Hall–Kier alpha value is -1.80. The number of thioether (sulfide) groups is 1. The quantitative estimate of drug-likeness (QED) is 0.281. The Bertz CT molecular complexity index is 644. The minimum absolute atomic E-state index is 0.571. The highest BCUT2D eigenvalue weighted by Gasteiger charge is 2.10. The van der Waals surface area contributed by atoms with Crippen molar-refractivity contribution in [2.75, 3.05) is 17.8 Å². The molecule has 0 aliphatic rings. The maximum Gasteiger partial charge on any atom is 0.222 e. The summed E-state index contributed by atoms with van der Waals surface area (Å²) in [5, 5.41) is 3.89. The van der Waals surface area contributed by atoms with Gasteiger partial charge in [0.05, 0.1) is 5.69 Å². The van der Waals surface area contributed by atoms with Gasteiger partial charge in [0.15, 0.2) is 0 Å². The van der Waals surface area contributed by atoms with E-state index in [-0.39, 0.29) is 0 Å². The lowest BCUT2D eigenvalue weighted by Gasteiger charge is -2.23. The van der Waals surface area contributed by atoms with Crippen LogP contribution < -0.4 is 21.5 Å². The molecule has 0 bridgehead atoms. The molecule has 0 fully saturated rings. The predicted octanol–water partition coefficient (Wildman–Crippen LogP) is 3.14. The lowest BCUT2D eigenvalue weighted by molar-refractivity contribution is -0.110. The number of carbonyl (C=O) groups is 1. The molecule has 5 nitrogen and oxygen atoms in total. The highest BCUT2D eigenvalue weighted by molar-refractivity contribution is 7.99. The Morgan fingerprint density at radius 3 is 2.83 bits per heavy atom. The number of nitrogens with zero attached hydrogens (tertiary/aromatic N) is 1. The fraction of sp³-hybridized carbons (Fsp3) is 0.188. The summed E-state index contributed by atoms with van der Waals surface area (Å²) in [6, 6.07) is 10.3. The highest BCUT2D eigenvalue weighted by Crippen LogP contribution is 2.31. The fourth-order valence-corrected chi connectivity index (χ4v) is 3.46. The van der Waals surface area contributed by atoms with Crippen molar-refractivity contribution >= 4 is 47.3 Å². The molecular weight excluding hydrogens is 328 g/mol. The van der Waals surface area contributed by atoms with E-state index in [9.17, 15) is 4.79 Å². The van der Waals surface area contributed by atoms with E-state index in [0.717, 1.165) is 17.0 Å². The maximum atomic E-state index is 10.3. The molecule has 2 rings (SSSR count). The van der Waals surface area contributed by atoms with E-state index in [1.807, 2.05) is 30.3 Å². The number of carbonyl (C=O) groups excluding carboxylic acids is 1. The minimum Gasteiger partial charge on any atom is -0.296 e. The molecule has 1 aromatic carbocycles. The first-order valence-electron chi connectivity index (χ1n) is 7.17. The van der Waals surface area contributed by atoms with Crippen molar-refractivity contribution in [3.63, 3.8) is 0 Å². The predicted molar refractivity (Wildman–Crippen MR) is 100.0 cm³/mol. The molecule has 0 saturated heterocycles. The van der Waals surface area contributed by atoms with Crippen LogP contribution in [0.2, 0.25) is 0 Å². The minimum atomic E-state index is 0.571. The summed E-state index contributed by atoms with van der Waals surface area (Å²) in [6.45, 7) is 2.14. The number of benzene rings is 1. The molecule has 1 aromatic heterocycles. The van der Waals surface area contributed by atoms with E-state index in [0.29, 0.717) is 6.41 Å². The third-order valence-electron chi connectivity index (χ3n) is 3.02. The zero-order chi connectivity index (χ0) is 16.5.